The van der Waals surface area contributed by atoms with Crippen LogP contribution in [0, 0.1) is 19.7 Å². The molecule has 0 aliphatic heterocycles. The van der Waals surface area contributed by atoms with Crippen LogP contribution in [0.2, 0.25) is 0 Å². The monoisotopic (exact) mass is 316 g/mol. The van der Waals surface area contributed by atoms with Gasteiger partial charge in [-0.1, -0.05) is 17.7 Å². The zero-order valence-corrected chi connectivity index (χ0v) is 13.4. The largest absolute Gasteiger partial charge is 0.387 e. The fourth-order valence-corrected chi connectivity index (χ4v) is 1.83. The molecule has 0 atom stereocenters. The lowest BCUT2D eigenvalue weighted by molar-refractivity contribution is 0.0718. The number of aryl methyl sites for hydroxylation is 2. The van der Waals surface area contributed by atoms with Crippen LogP contribution in [0.25, 0.3) is 0 Å². The number of nitrogens with zero attached hydrogens (tertiary/aromatic N) is 4. The molecule has 0 radical (unpaired) electrons. The summed E-state index contributed by atoms with van der Waals surface area (Å²) in [6.07, 6.45) is 2.31. The van der Waals surface area contributed by atoms with Gasteiger partial charge in [-0.3, -0.25) is 0 Å². The summed E-state index contributed by atoms with van der Waals surface area (Å²) >= 11 is 0. The third-order valence-corrected chi connectivity index (χ3v) is 2.90. The molecule has 23 heavy (non-hydrogen) atoms. The van der Waals surface area contributed by atoms with Crippen molar-refractivity contribution in [3.63, 3.8) is 0 Å². The maximum atomic E-state index is 13.6. The summed E-state index contributed by atoms with van der Waals surface area (Å²) in [5, 5.41) is 0. The van der Waals surface area contributed by atoms with Crippen molar-refractivity contribution in [1.82, 2.24) is 14.9 Å². The second-order valence-electron chi connectivity index (χ2n) is 5.24. The standard InChI is InChI=1S/C16H17FN4O2/c1-10-5-6-12(11(2)7-10)15(22)23-16-18-8-13(17)14(20-16)19-9-21(3)4/h5-9H,1-4H3/b19-9+. The summed E-state index contributed by atoms with van der Waals surface area (Å²) < 4.78 is 18.7. The Kier molecular flexibility index (Phi) is 5.00. The maximum Gasteiger partial charge on any atom is 0.346 e. The minimum atomic E-state index is -0.700. The Labute approximate surface area is 133 Å². The van der Waals surface area contributed by atoms with E-state index in [1.54, 1.807) is 25.1 Å². The quantitative estimate of drug-likeness (QED) is 0.493. The molecule has 0 saturated heterocycles. The molecule has 1 heterocycles. The molecule has 7 heteroatoms. The van der Waals surface area contributed by atoms with Gasteiger partial charge in [-0.2, -0.15) is 4.98 Å². The molecule has 0 fully saturated rings. The molecule has 0 bridgehead atoms. The summed E-state index contributed by atoms with van der Waals surface area (Å²) in [7, 11) is 3.48. The maximum absolute atomic E-state index is 13.6. The minimum Gasteiger partial charge on any atom is -0.387 e. The van der Waals surface area contributed by atoms with Gasteiger partial charge in [-0.05, 0) is 25.5 Å². The lowest BCUT2D eigenvalue weighted by atomic mass is 10.1. The average Bonchev–Trinajstić information content (AvgIpc) is 2.47. The van der Waals surface area contributed by atoms with E-state index in [0.717, 1.165) is 17.3 Å². The van der Waals surface area contributed by atoms with Crippen molar-refractivity contribution in [2.45, 2.75) is 13.8 Å². The van der Waals surface area contributed by atoms with Crippen LogP contribution in [0.15, 0.2) is 29.4 Å². The van der Waals surface area contributed by atoms with Crippen molar-refractivity contribution in [3.05, 3.63) is 46.9 Å². The molecule has 0 aliphatic rings. The van der Waals surface area contributed by atoms with Crippen molar-refractivity contribution < 1.29 is 13.9 Å². The number of esters is 1. The molecule has 2 aromatic rings. The van der Waals surface area contributed by atoms with Gasteiger partial charge in [0.15, 0.2) is 11.6 Å². The molecule has 1 aromatic carbocycles. The van der Waals surface area contributed by atoms with Crippen molar-refractivity contribution in [2.75, 3.05) is 14.1 Å². The molecule has 120 valence electrons. The van der Waals surface area contributed by atoms with E-state index in [1.165, 1.54) is 6.34 Å². The molecule has 0 unspecified atom stereocenters. The Morgan fingerprint density at radius 3 is 2.74 bits per heavy atom. The van der Waals surface area contributed by atoms with Crippen LogP contribution in [-0.2, 0) is 0 Å². The summed E-state index contributed by atoms with van der Waals surface area (Å²) in [5.74, 6) is -1.50. The van der Waals surface area contributed by atoms with Gasteiger partial charge in [0.2, 0.25) is 0 Å². The molecule has 2 rings (SSSR count). The Bertz CT molecular complexity index is 760. The van der Waals surface area contributed by atoms with Crippen LogP contribution in [0.3, 0.4) is 0 Å². The van der Waals surface area contributed by atoms with Crippen molar-refractivity contribution >= 4 is 18.1 Å². The molecule has 6 nitrogen and oxygen atoms in total. The van der Waals surface area contributed by atoms with Gasteiger partial charge in [-0.15, -0.1) is 0 Å². The Morgan fingerprint density at radius 2 is 2.09 bits per heavy atom. The summed E-state index contributed by atoms with van der Waals surface area (Å²) in [6.45, 7) is 3.74. The number of hydrogen-bond acceptors (Lipinski definition) is 5. The number of benzene rings is 1. The van der Waals surface area contributed by atoms with Crippen LogP contribution in [0.5, 0.6) is 6.01 Å². The Hall–Kier alpha value is -2.83. The summed E-state index contributed by atoms with van der Waals surface area (Å²) in [4.78, 5) is 25.1. The average molecular weight is 316 g/mol. The fraction of sp³-hybridized carbons (Fsp3) is 0.250. The number of carbonyl (C=O) groups is 1. The SMILES string of the molecule is Cc1ccc(C(=O)Oc2ncc(F)c(/N=C/N(C)C)n2)c(C)c1. The van der Waals surface area contributed by atoms with Crippen LogP contribution in [0.1, 0.15) is 21.5 Å². The van der Waals surface area contributed by atoms with Crippen LogP contribution in [0.4, 0.5) is 10.2 Å². The number of hydrogen-bond donors (Lipinski definition) is 0. The highest BCUT2D eigenvalue weighted by molar-refractivity contribution is 5.92. The zero-order chi connectivity index (χ0) is 17.0. The smallest absolute Gasteiger partial charge is 0.346 e. The zero-order valence-electron chi connectivity index (χ0n) is 13.4. The summed E-state index contributed by atoms with van der Waals surface area (Å²) in [5.41, 5.74) is 2.22. The number of rotatable bonds is 4. The van der Waals surface area contributed by atoms with E-state index in [2.05, 4.69) is 15.0 Å². The number of halogens is 1. The highest BCUT2D eigenvalue weighted by atomic mass is 19.1. The van der Waals surface area contributed by atoms with E-state index in [4.69, 9.17) is 4.74 Å². The first-order valence-corrected chi connectivity index (χ1v) is 6.89. The Balaban J connectivity index is 2.22. The number of aromatic nitrogens is 2. The van der Waals surface area contributed by atoms with Crippen molar-refractivity contribution in [1.29, 1.82) is 0 Å². The van der Waals surface area contributed by atoms with Gasteiger partial charge in [0.1, 0.15) is 0 Å². The molecule has 0 N–H and O–H groups in total. The van der Waals surface area contributed by atoms with Gasteiger partial charge < -0.3 is 9.64 Å². The Morgan fingerprint density at radius 1 is 1.35 bits per heavy atom. The lowest BCUT2D eigenvalue weighted by Crippen LogP contribution is -2.12. The van der Waals surface area contributed by atoms with Gasteiger partial charge >= 0.3 is 12.0 Å². The highest BCUT2D eigenvalue weighted by Crippen LogP contribution is 2.18. The molecule has 0 spiro atoms. The predicted octanol–water partition coefficient (Wildman–Crippen LogP) is 2.67. The molecular weight excluding hydrogens is 299 g/mol. The molecule has 0 saturated carbocycles. The van der Waals surface area contributed by atoms with E-state index in [-0.39, 0.29) is 11.8 Å². The normalized spacial score (nSPS) is 10.8. The van der Waals surface area contributed by atoms with E-state index in [1.807, 2.05) is 26.0 Å². The lowest BCUT2D eigenvalue weighted by Gasteiger charge is -2.07. The first kappa shape index (κ1) is 16.5. The molecule has 0 aliphatic carbocycles. The minimum absolute atomic E-state index is 0.197. The van der Waals surface area contributed by atoms with Crippen molar-refractivity contribution in [2.24, 2.45) is 4.99 Å². The van der Waals surface area contributed by atoms with Crippen LogP contribution in [-0.4, -0.2) is 41.3 Å². The van der Waals surface area contributed by atoms with Crippen LogP contribution >= 0.6 is 0 Å². The van der Waals surface area contributed by atoms with Crippen molar-refractivity contribution in [3.8, 4) is 6.01 Å². The predicted molar refractivity (Wildman–Crippen MR) is 84.7 cm³/mol. The fourth-order valence-electron chi connectivity index (χ4n) is 1.83. The van der Waals surface area contributed by atoms with Gasteiger partial charge in [0.25, 0.3) is 0 Å². The molecule has 1 aromatic heterocycles. The van der Waals surface area contributed by atoms with Gasteiger partial charge in [0.05, 0.1) is 18.1 Å². The topological polar surface area (TPSA) is 67.7 Å². The first-order valence-electron chi connectivity index (χ1n) is 6.89. The van der Waals surface area contributed by atoms with Gasteiger partial charge in [-0.25, -0.2) is 19.2 Å². The molecular formula is C16H17FN4O2. The summed E-state index contributed by atoms with van der Waals surface area (Å²) in [6, 6.07) is 5.10. The van der Waals surface area contributed by atoms with E-state index >= 15 is 0 Å². The third-order valence-electron chi connectivity index (χ3n) is 2.90. The van der Waals surface area contributed by atoms with Gasteiger partial charge in [0, 0.05) is 14.1 Å². The highest BCUT2D eigenvalue weighted by Gasteiger charge is 2.15. The molecule has 0 amide bonds. The van der Waals surface area contributed by atoms with E-state index < -0.39 is 11.8 Å². The van der Waals surface area contributed by atoms with E-state index in [9.17, 15) is 9.18 Å². The van der Waals surface area contributed by atoms with E-state index in [0.29, 0.717) is 5.56 Å². The number of aliphatic imine (C=N–C) groups is 1. The first-order chi connectivity index (χ1) is 10.9. The number of carbonyl (C=O) groups excluding carboxylic acids is 1. The second-order valence-corrected chi connectivity index (χ2v) is 5.24. The third kappa shape index (κ3) is 4.32. The number of ether oxygens (including phenoxy) is 1. The van der Waals surface area contributed by atoms with Crippen LogP contribution < -0.4 is 4.74 Å². The second kappa shape index (κ2) is 6.95.